The maximum absolute atomic E-state index is 3.49. The van der Waals surface area contributed by atoms with Crippen LogP contribution >= 0.6 is 24.8 Å². The molecule has 0 spiro atoms. The summed E-state index contributed by atoms with van der Waals surface area (Å²) in [7, 11) is 0. The molecule has 0 saturated heterocycles. The molecular weight excluding hydrogens is 318 g/mol. The van der Waals surface area contributed by atoms with Crippen molar-refractivity contribution >= 4 is 24.8 Å². The second-order valence-corrected chi connectivity index (χ2v) is 4.21. The zero-order valence-electron chi connectivity index (χ0n) is 10.7. The smallest absolute Gasteiger partial charge is 0 e. The molecule has 0 bridgehead atoms. The zero-order valence-corrected chi connectivity index (χ0v) is 14.8. The molecular formula is C13H23Cl2Zr-. The minimum absolute atomic E-state index is 0. The van der Waals surface area contributed by atoms with Crippen molar-refractivity contribution in [1.29, 1.82) is 0 Å². The summed E-state index contributed by atoms with van der Waals surface area (Å²) >= 11 is 0. The van der Waals surface area contributed by atoms with Gasteiger partial charge in [0.25, 0.3) is 0 Å². The first-order chi connectivity index (χ1) is 6.17. The molecule has 0 aromatic rings. The summed E-state index contributed by atoms with van der Waals surface area (Å²) in [5.41, 5.74) is 1.83. The van der Waals surface area contributed by atoms with Gasteiger partial charge in [0.2, 0.25) is 0 Å². The van der Waals surface area contributed by atoms with Gasteiger partial charge in [-0.05, 0) is 24.2 Å². The summed E-state index contributed by atoms with van der Waals surface area (Å²) in [6, 6.07) is 0. The van der Waals surface area contributed by atoms with Crippen molar-refractivity contribution in [2.45, 2.75) is 47.0 Å². The average Bonchev–Trinajstić information content (AvgIpc) is 2.60. The van der Waals surface area contributed by atoms with Crippen LogP contribution in [0.15, 0.2) is 17.7 Å². The number of halogens is 2. The molecule has 0 N–H and O–H groups in total. The third-order valence-electron chi connectivity index (χ3n) is 3.60. The number of rotatable bonds is 4. The molecule has 0 saturated carbocycles. The molecule has 94 valence electrons. The molecule has 3 heteroatoms. The van der Waals surface area contributed by atoms with Gasteiger partial charge >= 0.3 is 0 Å². The molecule has 0 fully saturated rings. The fourth-order valence-corrected chi connectivity index (χ4v) is 2.50. The Labute approximate surface area is 132 Å². The summed E-state index contributed by atoms with van der Waals surface area (Å²) in [5.74, 6) is 0.716. The van der Waals surface area contributed by atoms with Crippen molar-refractivity contribution in [1.82, 2.24) is 0 Å². The van der Waals surface area contributed by atoms with Gasteiger partial charge in [-0.25, -0.2) is 11.6 Å². The SMILES string of the molecule is CCC(CC)(C1=[C-]CC=C1)C(C)C.Cl.Cl.[Zr]. The predicted molar refractivity (Wildman–Crippen MR) is 72.9 cm³/mol. The minimum atomic E-state index is 0. The number of hydrogen-bond donors (Lipinski definition) is 0. The molecule has 1 aliphatic carbocycles. The monoisotopic (exact) mass is 339 g/mol. The van der Waals surface area contributed by atoms with Crippen molar-refractivity contribution in [3.63, 3.8) is 0 Å². The van der Waals surface area contributed by atoms with Gasteiger partial charge in [0.15, 0.2) is 0 Å². The van der Waals surface area contributed by atoms with Crippen molar-refractivity contribution in [2.24, 2.45) is 11.3 Å². The first-order valence-electron chi connectivity index (χ1n) is 5.45. The van der Waals surface area contributed by atoms with E-state index in [0.29, 0.717) is 11.3 Å². The Morgan fingerprint density at radius 2 is 1.75 bits per heavy atom. The van der Waals surface area contributed by atoms with E-state index in [1.807, 2.05) is 0 Å². The summed E-state index contributed by atoms with van der Waals surface area (Å²) in [6.07, 6.45) is 11.5. The third kappa shape index (κ3) is 4.32. The van der Waals surface area contributed by atoms with Crippen molar-refractivity contribution < 1.29 is 26.2 Å². The summed E-state index contributed by atoms with van der Waals surface area (Å²) in [5, 5.41) is 0. The largest absolute Gasteiger partial charge is 0.269 e. The first kappa shape index (κ1) is 22.2. The Balaban J connectivity index is -0.000000563. The van der Waals surface area contributed by atoms with Crippen LogP contribution in [0.3, 0.4) is 0 Å². The second-order valence-electron chi connectivity index (χ2n) is 4.21. The van der Waals surface area contributed by atoms with Crippen LogP contribution < -0.4 is 0 Å². The van der Waals surface area contributed by atoms with Crippen LogP contribution in [0.4, 0.5) is 0 Å². The van der Waals surface area contributed by atoms with Crippen LogP contribution in [0.25, 0.3) is 0 Å². The van der Waals surface area contributed by atoms with Crippen LogP contribution in [0.5, 0.6) is 0 Å². The normalized spacial score (nSPS) is 13.7. The van der Waals surface area contributed by atoms with E-state index in [2.05, 4.69) is 45.9 Å². The van der Waals surface area contributed by atoms with E-state index in [4.69, 9.17) is 0 Å². The Bertz CT molecular complexity index is 228. The molecule has 0 atom stereocenters. The summed E-state index contributed by atoms with van der Waals surface area (Å²) < 4.78 is 0. The minimum Gasteiger partial charge on any atom is -0.269 e. The first-order valence-corrected chi connectivity index (χ1v) is 5.45. The fraction of sp³-hybridized carbons (Fsp3) is 0.692. The van der Waals surface area contributed by atoms with E-state index in [1.165, 1.54) is 18.4 Å². The van der Waals surface area contributed by atoms with Crippen molar-refractivity contribution in [3.8, 4) is 0 Å². The van der Waals surface area contributed by atoms with E-state index in [1.54, 1.807) is 0 Å². The topological polar surface area (TPSA) is 0 Å². The van der Waals surface area contributed by atoms with Gasteiger partial charge in [-0.1, -0.05) is 27.7 Å². The predicted octanol–water partition coefficient (Wildman–Crippen LogP) is 4.98. The Hall–Kier alpha value is 0.943. The molecule has 0 aromatic carbocycles. The third-order valence-corrected chi connectivity index (χ3v) is 3.60. The number of hydrogen-bond acceptors (Lipinski definition) is 0. The number of allylic oxidation sites excluding steroid dienone is 4. The second kappa shape index (κ2) is 9.92. The van der Waals surface area contributed by atoms with Crippen LogP contribution in [0, 0.1) is 17.4 Å². The molecule has 16 heavy (non-hydrogen) atoms. The van der Waals surface area contributed by atoms with Gasteiger partial charge in [-0.15, -0.1) is 31.2 Å². The summed E-state index contributed by atoms with van der Waals surface area (Å²) in [6.45, 7) is 9.25. The summed E-state index contributed by atoms with van der Waals surface area (Å²) in [4.78, 5) is 0. The Morgan fingerprint density at radius 3 is 2.00 bits per heavy atom. The Morgan fingerprint density at radius 1 is 1.25 bits per heavy atom. The zero-order chi connectivity index (χ0) is 9.90. The van der Waals surface area contributed by atoms with Gasteiger partial charge in [-0.2, -0.15) is 6.08 Å². The molecule has 0 nitrogen and oxygen atoms in total. The van der Waals surface area contributed by atoms with E-state index in [0.717, 1.165) is 6.42 Å². The molecule has 0 heterocycles. The van der Waals surface area contributed by atoms with Crippen molar-refractivity contribution in [2.75, 3.05) is 0 Å². The molecule has 1 rings (SSSR count). The van der Waals surface area contributed by atoms with Crippen LogP contribution in [-0.4, -0.2) is 0 Å². The van der Waals surface area contributed by atoms with E-state index >= 15 is 0 Å². The Kier molecular flexibility index (Phi) is 13.7. The fourth-order valence-electron chi connectivity index (χ4n) is 2.50. The van der Waals surface area contributed by atoms with E-state index in [-0.39, 0.29) is 51.0 Å². The molecule has 0 aliphatic heterocycles. The quantitative estimate of drug-likeness (QED) is 0.633. The average molecular weight is 341 g/mol. The maximum Gasteiger partial charge on any atom is 0 e. The van der Waals surface area contributed by atoms with Gasteiger partial charge in [0.05, 0.1) is 0 Å². The maximum atomic E-state index is 3.49. The van der Waals surface area contributed by atoms with Gasteiger partial charge in [-0.3, -0.25) is 6.08 Å². The van der Waals surface area contributed by atoms with Gasteiger partial charge < -0.3 is 0 Å². The molecule has 1 aliphatic rings. The van der Waals surface area contributed by atoms with E-state index < -0.39 is 0 Å². The standard InChI is InChI=1S/C13H21.2ClH.Zr/c1-5-13(6-2,11(3)4)12-9-7-8-10-12;;;/h7,9,11H,5-6,8H2,1-4H3;2*1H;/q-1;;;. The van der Waals surface area contributed by atoms with Crippen LogP contribution in [0.2, 0.25) is 0 Å². The van der Waals surface area contributed by atoms with E-state index in [9.17, 15) is 0 Å². The van der Waals surface area contributed by atoms with Crippen molar-refractivity contribution in [3.05, 3.63) is 23.8 Å². The molecule has 0 radical (unpaired) electrons. The van der Waals surface area contributed by atoms with Gasteiger partial charge in [0.1, 0.15) is 0 Å². The molecule has 0 unspecified atom stereocenters. The molecule has 0 amide bonds. The molecule has 0 aromatic heterocycles. The van der Waals surface area contributed by atoms with Crippen LogP contribution in [-0.2, 0) is 26.2 Å². The van der Waals surface area contributed by atoms with Crippen LogP contribution in [0.1, 0.15) is 47.0 Å². The van der Waals surface area contributed by atoms with Gasteiger partial charge in [0, 0.05) is 26.2 Å².